The minimum atomic E-state index is -0.303. The molecule has 3 N–H and O–H groups in total. The van der Waals surface area contributed by atoms with Crippen LogP contribution in [0.25, 0.3) is 0 Å². The third-order valence-electron chi connectivity index (χ3n) is 4.87. The van der Waals surface area contributed by atoms with Gasteiger partial charge in [-0.25, -0.2) is 0 Å². The highest BCUT2D eigenvalue weighted by atomic mass is 16.3. The molecule has 3 rings (SSSR count). The van der Waals surface area contributed by atoms with Gasteiger partial charge in [-0.05, 0) is 74.2 Å². The summed E-state index contributed by atoms with van der Waals surface area (Å²) >= 11 is 0. The van der Waals surface area contributed by atoms with Crippen LogP contribution in [0.1, 0.15) is 36.7 Å². The average molecular weight is 355 g/mol. The van der Waals surface area contributed by atoms with Crippen molar-refractivity contribution >= 4 is 23.2 Å². The SMILES string of the molecule is CC(CC(=O)Nc1ccc(NC(=O)c2ccco2)cc1)C1CCNCC1. The molecule has 6 nitrogen and oxygen atoms in total. The molecule has 26 heavy (non-hydrogen) atoms. The summed E-state index contributed by atoms with van der Waals surface area (Å²) in [6.45, 7) is 4.24. The van der Waals surface area contributed by atoms with Gasteiger partial charge in [-0.3, -0.25) is 9.59 Å². The summed E-state index contributed by atoms with van der Waals surface area (Å²) in [6, 6.07) is 10.3. The Hall–Kier alpha value is -2.60. The van der Waals surface area contributed by atoms with Gasteiger partial charge in [0.25, 0.3) is 5.91 Å². The Bertz CT molecular complexity index is 719. The molecule has 1 saturated heterocycles. The van der Waals surface area contributed by atoms with Gasteiger partial charge in [0.05, 0.1) is 6.26 Å². The first-order chi connectivity index (χ1) is 12.6. The van der Waals surface area contributed by atoms with E-state index in [2.05, 4.69) is 22.9 Å². The minimum Gasteiger partial charge on any atom is -0.459 e. The number of carbonyl (C=O) groups excluding carboxylic acids is 2. The summed E-state index contributed by atoms with van der Waals surface area (Å²) in [4.78, 5) is 24.2. The first kappa shape index (κ1) is 18.2. The molecule has 2 amide bonds. The van der Waals surface area contributed by atoms with Crippen LogP contribution in [0.3, 0.4) is 0 Å². The molecule has 1 aromatic heterocycles. The van der Waals surface area contributed by atoms with Crippen molar-refractivity contribution in [3.63, 3.8) is 0 Å². The summed E-state index contributed by atoms with van der Waals surface area (Å²) in [6.07, 6.45) is 4.26. The molecule has 1 aromatic carbocycles. The molecule has 138 valence electrons. The maximum absolute atomic E-state index is 12.3. The predicted molar refractivity (Wildman–Crippen MR) is 101 cm³/mol. The largest absolute Gasteiger partial charge is 0.459 e. The Kier molecular flexibility index (Phi) is 6.07. The van der Waals surface area contributed by atoms with Gasteiger partial charge in [0.2, 0.25) is 5.91 Å². The van der Waals surface area contributed by atoms with E-state index in [0.717, 1.165) is 31.6 Å². The molecule has 2 aromatic rings. The van der Waals surface area contributed by atoms with Crippen LogP contribution >= 0.6 is 0 Å². The highest BCUT2D eigenvalue weighted by Gasteiger charge is 2.22. The summed E-state index contributed by atoms with van der Waals surface area (Å²) in [7, 11) is 0. The third kappa shape index (κ3) is 4.95. The van der Waals surface area contributed by atoms with E-state index in [-0.39, 0.29) is 17.6 Å². The minimum absolute atomic E-state index is 0.0309. The molecule has 6 heteroatoms. The lowest BCUT2D eigenvalue weighted by Gasteiger charge is -2.27. The molecule has 0 bridgehead atoms. The van der Waals surface area contributed by atoms with Crippen LogP contribution in [-0.2, 0) is 4.79 Å². The van der Waals surface area contributed by atoms with E-state index in [9.17, 15) is 9.59 Å². The van der Waals surface area contributed by atoms with Gasteiger partial charge in [-0.1, -0.05) is 6.92 Å². The van der Waals surface area contributed by atoms with Crippen LogP contribution in [0, 0.1) is 11.8 Å². The van der Waals surface area contributed by atoms with E-state index in [1.165, 1.54) is 6.26 Å². The van der Waals surface area contributed by atoms with Gasteiger partial charge in [-0.2, -0.15) is 0 Å². The van der Waals surface area contributed by atoms with Crippen molar-refractivity contribution in [3.8, 4) is 0 Å². The number of carbonyl (C=O) groups is 2. The Labute approximate surface area is 153 Å². The van der Waals surface area contributed by atoms with Crippen LogP contribution in [0.5, 0.6) is 0 Å². The third-order valence-corrected chi connectivity index (χ3v) is 4.87. The van der Waals surface area contributed by atoms with E-state index in [4.69, 9.17) is 4.42 Å². The van der Waals surface area contributed by atoms with Crippen LogP contribution in [0.15, 0.2) is 47.1 Å². The Morgan fingerprint density at radius 1 is 1.12 bits per heavy atom. The van der Waals surface area contributed by atoms with E-state index >= 15 is 0 Å². The molecule has 1 aliphatic rings. The number of benzene rings is 1. The van der Waals surface area contributed by atoms with E-state index < -0.39 is 0 Å². The first-order valence-corrected chi connectivity index (χ1v) is 9.07. The maximum atomic E-state index is 12.3. The average Bonchev–Trinajstić information content (AvgIpc) is 3.19. The van der Waals surface area contributed by atoms with E-state index in [0.29, 0.717) is 23.9 Å². The fourth-order valence-electron chi connectivity index (χ4n) is 3.32. The number of nitrogens with one attached hydrogen (secondary N) is 3. The maximum Gasteiger partial charge on any atom is 0.291 e. The number of anilines is 2. The summed E-state index contributed by atoms with van der Waals surface area (Å²) in [5.74, 6) is 0.977. The van der Waals surface area contributed by atoms with Crippen LogP contribution in [0.2, 0.25) is 0 Å². The van der Waals surface area contributed by atoms with Crippen molar-refractivity contribution in [1.29, 1.82) is 0 Å². The number of piperidine rings is 1. The van der Waals surface area contributed by atoms with Gasteiger partial charge in [0, 0.05) is 17.8 Å². The van der Waals surface area contributed by atoms with Crippen molar-refractivity contribution < 1.29 is 14.0 Å². The summed E-state index contributed by atoms with van der Waals surface area (Å²) < 4.78 is 5.06. The molecule has 2 heterocycles. The number of rotatable bonds is 6. The fourth-order valence-corrected chi connectivity index (χ4v) is 3.32. The molecule has 0 radical (unpaired) electrons. The fraction of sp³-hybridized carbons (Fsp3) is 0.400. The van der Waals surface area contributed by atoms with Crippen LogP contribution < -0.4 is 16.0 Å². The van der Waals surface area contributed by atoms with E-state index in [1.807, 2.05) is 0 Å². The van der Waals surface area contributed by atoms with Crippen molar-refractivity contribution in [3.05, 3.63) is 48.4 Å². The molecule has 1 atom stereocenters. The lowest BCUT2D eigenvalue weighted by molar-refractivity contribution is -0.117. The summed E-state index contributed by atoms with van der Waals surface area (Å²) in [5.41, 5.74) is 1.37. The van der Waals surface area contributed by atoms with Crippen molar-refractivity contribution in [2.24, 2.45) is 11.8 Å². The van der Waals surface area contributed by atoms with Crippen molar-refractivity contribution in [2.45, 2.75) is 26.2 Å². The van der Waals surface area contributed by atoms with Crippen LogP contribution in [-0.4, -0.2) is 24.9 Å². The Morgan fingerprint density at radius 2 is 1.77 bits per heavy atom. The zero-order valence-corrected chi connectivity index (χ0v) is 15.0. The van der Waals surface area contributed by atoms with Gasteiger partial charge >= 0.3 is 0 Å². The van der Waals surface area contributed by atoms with Crippen molar-refractivity contribution in [1.82, 2.24) is 5.32 Å². The van der Waals surface area contributed by atoms with Crippen molar-refractivity contribution in [2.75, 3.05) is 23.7 Å². The predicted octanol–water partition coefficient (Wildman–Crippen LogP) is 3.50. The molecule has 0 aliphatic carbocycles. The summed E-state index contributed by atoms with van der Waals surface area (Å²) in [5, 5.41) is 9.04. The van der Waals surface area contributed by atoms with Gasteiger partial charge in [0.1, 0.15) is 0 Å². The molecule has 1 unspecified atom stereocenters. The van der Waals surface area contributed by atoms with Crippen LogP contribution in [0.4, 0.5) is 11.4 Å². The smallest absolute Gasteiger partial charge is 0.291 e. The highest BCUT2D eigenvalue weighted by molar-refractivity contribution is 6.02. The number of hydrogen-bond donors (Lipinski definition) is 3. The first-order valence-electron chi connectivity index (χ1n) is 9.07. The van der Waals surface area contributed by atoms with Gasteiger partial charge < -0.3 is 20.4 Å². The van der Waals surface area contributed by atoms with Gasteiger partial charge in [-0.15, -0.1) is 0 Å². The molecule has 1 aliphatic heterocycles. The standard InChI is InChI=1S/C20H25N3O3/c1-14(15-8-10-21-11-9-15)13-19(24)22-16-4-6-17(7-5-16)23-20(25)18-3-2-12-26-18/h2-7,12,14-15,21H,8-11,13H2,1H3,(H,22,24)(H,23,25). The Balaban J connectivity index is 1.48. The highest BCUT2D eigenvalue weighted by Crippen LogP contribution is 2.25. The molecular formula is C20H25N3O3. The molecule has 0 spiro atoms. The second-order valence-electron chi connectivity index (χ2n) is 6.83. The zero-order valence-electron chi connectivity index (χ0n) is 15.0. The monoisotopic (exact) mass is 355 g/mol. The quantitative estimate of drug-likeness (QED) is 0.741. The lowest BCUT2D eigenvalue weighted by Crippen LogP contribution is -2.32. The lowest BCUT2D eigenvalue weighted by atomic mass is 9.84. The molecule has 0 saturated carbocycles. The topological polar surface area (TPSA) is 83.4 Å². The number of furan rings is 1. The molecule has 1 fully saturated rings. The number of amides is 2. The van der Waals surface area contributed by atoms with E-state index in [1.54, 1.807) is 36.4 Å². The van der Waals surface area contributed by atoms with Gasteiger partial charge in [0.15, 0.2) is 5.76 Å². The zero-order chi connectivity index (χ0) is 18.4. The number of hydrogen-bond acceptors (Lipinski definition) is 4. The second-order valence-corrected chi connectivity index (χ2v) is 6.83. The normalized spacial score (nSPS) is 16.0. The molecular weight excluding hydrogens is 330 g/mol. The Morgan fingerprint density at radius 3 is 2.38 bits per heavy atom. The second kappa shape index (κ2) is 8.67.